The Bertz CT molecular complexity index is 394. The quantitative estimate of drug-likeness (QED) is 0.620. The maximum Gasteiger partial charge on any atom is 0.192 e. The maximum absolute atomic E-state index is 6.15. The van der Waals surface area contributed by atoms with E-state index in [2.05, 4.69) is 33.9 Å². The summed E-state index contributed by atoms with van der Waals surface area (Å²) in [6.07, 6.45) is 0.676. The van der Waals surface area contributed by atoms with Crippen LogP contribution in [0.5, 0.6) is 0 Å². The molecule has 1 aliphatic carbocycles. The molecular weight excluding hydrogens is 298 g/mol. The van der Waals surface area contributed by atoms with Gasteiger partial charge in [0.15, 0.2) is 14.1 Å². The molecule has 5 nitrogen and oxygen atoms in total. The highest BCUT2D eigenvalue weighted by atomic mass is 28.4. The maximum atomic E-state index is 6.15. The van der Waals surface area contributed by atoms with E-state index in [0.717, 1.165) is 6.42 Å². The lowest BCUT2D eigenvalue weighted by Gasteiger charge is -2.36. The summed E-state index contributed by atoms with van der Waals surface area (Å²) < 4.78 is 24.0. The van der Waals surface area contributed by atoms with Crippen LogP contribution in [0.3, 0.4) is 0 Å². The molecule has 0 aromatic carbocycles. The van der Waals surface area contributed by atoms with Crippen molar-refractivity contribution in [3.63, 3.8) is 0 Å². The van der Waals surface area contributed by atoms with Gasteiger partial charge in [-0.3, -0.25) is 0 Å². The minimum Gasteiger partial charge on any atom is -0.414 e. The van der Waals surface area contributed by atoms with Crippen LogP contribution >= 0.6 is 0 Å². The van der Waals surface area contributed by atoms with Gasteiger partial charge in [-0.2, -0.15) is 0 Å². The van der Waals surface area contributed by atoms with Crippen LogP contribution < -0.4 is 5.73 Å². The Morgan fingerprint density at radius 2 is 1.73 bits per heavy atom. The van der Waals surface area contributed by atoms with Crippen LogP contribution in [-0.2, 0) is 18.6 Å². The summed E-state index contributed by atoms with van der Waals surface area (Å²) in [6.45, 7) is 16.3. The first-order valence-electron chi connectivity index (χ1n) is 8.30. The van der Waals surface area contributed by atoms with E-state index in [1.807, 2.05) is 13.8 Å². The van der Waals surface area contributed by atoms with Crippen LogP contribution in [0, 0.1) is 0 Å². The van der Waals surface area contributed by atoms with Crippen LogP contribution in [0.15, 0.2) is 0 Å². The molecule has 1 saturated carbocycles. The molecule has 0 aromatic rings. The van der Waals surface area contributed by atoms with Gasteiger partial charge in [-0.05, 0) is 38.4 Å². The van der Waals surface area contributed by atoms with Crippen molar-refractivity contribution in [1.82, 2.24) is 0 Å². The normalized spacial score (nSPS) is 34.9. The first-order chi connectivity index (χ1) is 9.93. The smallest absolute Gasteiger partial charge is 0.192 e. The topological polar surface area (TPSA) is 62.9 Å². The highest BCUT2D eigenvalue weighted by Crippen LogP contribution is 2.39. The summed E-state index contributed by atoms with van der Waals surface area (Å²) in [4.78, 5) is 0. The monoisotopic (exact) mass is 331 g/mol. The number of ether oxygens (including phenoxy) is 3. The van der Waals surface area contributed by atoms with Gasteiger partial charge in [0.2, 0.25) is 0 Å². The van der Waals surface area contributed by atoms with Crippen molar-refractivity contribution in [2.24, 2.45) is 5.73 Å². The van der Waals surface area contributed by atoms with Gasteiger partial charge in [0.25, 0.3) is 0 Å². The van der Waals surface area contributed by atoms with E-state index in [1.165, 1.54) is 0 Å². The zero-order valence-corrected chi connectivity index (χ0v) is 16.1. The molecule has 22 heavy (non-hydrogen) atoms. The second-order valence-corrected chi connectivity index (χ2v) is 13.3. The third-order valence-corrected chi connectivity index (χ3v) is 9.68. The molecule has 0 aromatic heterocycles. The van der Waals surface area contributed by atoms with E-state index in [4.69, 9.17) is 24.4 Å². The highest BCUT2D eigenvalue weighted by molar-refractivity contribution is 6.74. The molecule has 2 N–H and O–H groups in total. The van der Waals surface area contributed by atoms with Crippen molar-refractivity contribution < 1.29 is 18.6 Å². The van der Waals surface area contributed by atoms with Crippen LogP contribution in [-0.4, -0.2) is 51.7 Å². The van der Waals surface area contributed by atoms with Crippen LogP contribution in [0.2, 0.25) is 18.1 Å². The standard InChI is InChI=1S/C16H33NO4Si/c1-15(2,3)22(6,7)19-9-8-18-12-10-11(17)13-14(12)21-16(4,5)20-13/h11-14H,8-10,17H2,1-7H3. The first-order valence-corrected chi connectivity index (χ1v) is 11.2. The van der Waals surface area contributed by atoms with Crippen LogP contribution in [0.4, 0.5) is 0 Å². The third kappa shape index (κ3) is 3.91. The molecule has 1 heterocycles. The first kappa shape index (κ1) is 18.4. The Hall–Kier alpha value is 0.0169. The van der Waals surface area contributed by atoms with E-state index in [9.17, 15) is 0 Å². The average Bonchev–Trinajstić information content (AvgIpc) is 2.79. The molecule has 2 rings (SSSR count). The number of fused-ring (bicyclic) bond motifs is 1. The molecule has 0 bridgehead atoms. The SMILES string of the molecule is CC1(C)OC2C(N)CC(OCCO[Si](C)(C)C(C)(C)C)C2O1. The lowest BCUT2D eigenvalue weighted by atomic mass is 10.2. The molecule has 4 unspecified atom stereocenters. The summed E-state index contributed by atoms with van der Waals surface area (Å²) in [5.74, 6) is -0.563. The van der Waals surface area contributed by atoms with E-state index in [-0.39, 0.29) is 29.4 Å². The Labute approximate surface area is 136 Å². The molecular formula is C16H33NO4Si. The fraction of sp³-hybridized carbons (Fsp3) is 1.00. The van der Waals surface area contributed by atoms with Gasteiger partial charge in [0.1, 0.15) is 12.2 Å². The lowest BCUT2D eigenvalue weighted by Crippen LogP contribution is -2.42. The second-order valence-electron chi connectivity index (χ2n) is 8.48. The largest absolute Gasteiger partial charge is 0.414 e. The van der Waals surface area contributed by atoms with Crippen molar-refractivity contribution in [3.05, 3.63) is 0 Å². The predicted octanol–water partition coefficient (Wildman–Crippen LogP) is 2.64. The van der Waals surface area contributed by atoms with Crippen molar-refractivity contribution in [1.29, 1.82) is 0 Å². The molecule has 2 fully saturated rings. The summed E-state index contributed by atoms with van der Waals surface area (Å²) in [7, 11) is -1.71. The average molecular weight is 332 g/mol. The van der Waals surface area contributed by atoms with Crippen LogP contribution in [0.1, 0.15) is 41.0 Å². The Morgan fingerprint density at radius 3 is 2.32 bits per heavy atom. The van der Waals surface area contributed by atoms with E-state index >= 15 is 0 Å². The Kier molecular flexibility index (Phi) is 5.13. The Morgan fingerprint density at radius 1 is 1.14 bits per heavy atom. The van der Waals surface area contributed by atoms with Crippen molar-refractivity contribution in [2.45, 2.75) is 89.3 Å². The van der Waals surface area contributed by atoms with E-state index in [0.29, 0.717) is 13.2 Å². The minimum absolute atomic E-state index is 0.00444. The van der Waals surface area contributed by atoms with Gasteiger partial charge in [0, 0.05) is 6.04 Å². The number of nitrogens with two attached hydrogens (primary N) is 1. The van der Waals surface area contributed by atoms with Gasteiger partial charge in [-0.1, -0.05) is 20.8 Å². The third-order valence-electron chi connectivity index (χ3n) is 5.14. The van der Waals surface area contributed by atoms with E-state index < -0.39 is 14.1 Å². The van der Waals surface area contributed by atoms with Crippen molar-refractivity contribution in [3.8, 4) is 0 Å². The molecule has 0 amide bonds. The number of hydrogen-bond donors (Lipinski definition) is 1. The predicted molar refractivity (Wildman–Crippen MR) is 89.3 cm³/mol. The Balaban J connectivity index is 1.79. The minimum atomic E-state index is -1.71. The van der Waals surface area contributed by atoms with Gasteiger partial charge >= 0.3 is 0 Å². The number of rotatable bonds is 5. The summed E-state index contributed by atoms with van der Waals surface area (Å²) >= 11 is 0. The zero-order chi connectivity index (χ0) is 16.8. The van der Waals surface area contributed by atoms with Crippen LogP contribution in [0.25, 0.3) is 0 Å². The molecule has 130 valence electrons. The van der Waals surface area contributed by atoms with Crippen molar-refractivity contribution >= 4 is 8.32 Å². The van der Waals surface area contributed by atoms with Gasteiger partial charge in [-0.15, -0.1) is 0 Å². The molecule has 4 atom stereocenters. The number of hydrogen-bond acceptors (Lipinski definition) is 5. The zero-order valence-electron chi connectivity index (χ0n) is 15.1. The van der Waals surface area contributed by atoms with Gasteiger partial charge in [-0.25, -0.2) is 0 Å². The summed E-state index contributed by atoms with van der Waals surface area (Å²) in [5.41, 5.74) is 6.15. The molecule has 0 spiro atoms. The summed E-state index contributed by atoms with van der Waals surface area (Å²) in [5, 5.41) is 0.222. The lowest BCUT2D eigenvalue weighted by molar-refractivity contribution is -0.168. The fourth-order valence-corrected chi connectivity index (χ4v) is 3.87. The highest BCUT2D eigenvalue weighted by Gasteiger charge is 2.53. The van der Waals surface area contributed by atoms with Gasteiger partial charge < -0.3 is 24.4 Å². The van der Waals surface area contributed by atoms with Gasteiger partial charge in [0.05, 0.1) is 19.3 Å². The molecule has 6 heteroatoms. The second kappa shape index (κ2) is 6.15. The summed E-state index contributed by atoms with van der Waals surface area (Å²) in [6, 6.07) is -0.0157. The fourth-order valence-electron chi connectivity index (χ4n) is 2.85. The van der Waals surface area contributed by atoms with E-state index in [1.54, 1.807) is 0 Å². The molecule has 2 aliphatic rings. The molecule has 1 saturated heterocycles. The van der Waals surface area contributed by atoms with Crippen molar-refractivity contribution in [2.75, 3.05) is 13.2 Å². The molecule has 0 radical (unpaired) electrons. The molecule has 1 aliphatic heterocycles.